The molecule has 0 amide bonds. The van der Waals surface area contributed by atoms with Crippen LogP contribution in [0.2, 0.25) is 0 Å². The molecule has 0 heterocycles. The van der Waals surface area contributed by atoms with Crippen LogP contribution in [0, 0.1) is 17.8 Å². The predicted octanol–water partition coefficient (Wildman–Crippen LogP) is 3.19. The summed E-state index contributed by atoms with van der Waals surface area (Å²) in [5.41, 5.74) is 0. The van der Waals surface area contributed by atoms with Gasteiger partial charge in [-0.25, -0.2) is 4.79 Å². The van der Waals surface area contributed by atoms with E-state index in [4.69, 9.17) is 9.47 Å². The molecule has 0 saturated heterocycles. The lowest BCUT2D eigenvalue weighted by atomic mass is 9.85. The van der Waals surface area contributed by atoms with Gasteiger partial charge in [0.15, 0.2) is 6.10 Å². The number of esters is 1. The molecule has 3 heteroatoms. The molecule has 0 radical (unpaired) electrons. The molecule has 18 heavy (non-hydrogen) atoms. The minimum atomic E-state index is -0.409. The van der Waals surface area contributed by atoms with Crippen molar-refractivity contribution >= 4 is 5.97 Å². The maximum absolute atomic E-state index is 11.6. The molecule has 0 saturated carbocycles. The Morgan fingerprint density at radius 1 is 1.33 bits per heavy atom. The molecule has 1 aliphatic rings. The van der Waals surface area contributed by atoms with Gasteiger partial charge in [-0.3, -0.25) is 0 Å². The SMILES string of the molecule is COC(=O)[C@H](CC(C)C)OCC1CC=CCC1C. The average molecular weight is 254 g/mol. The second-order valence-electron chi connectivity index (χ2n) is 5.65. The van der Waals surface area contributed by atoms with E-state index in [1.807, 2.05) is 0 Å². The first-order valence-electron chi connectivity index (χ1n) is 6.89. The lowest BCUT2D eigenvalue weighted by Gasteiger charge is -2.27. The van der Waals surface area contributed by atoms with Crippen molar-refractivity contribution in [2.24, 2.45) is 17.8 Å². The zero-order chi connectivity index (χ0) is 13.5. The highest BCUT2D eigenvalue weighted by atomic mass is 16.6. The van der Waals surface area contributed by atoms with Crippen LogP contribution in [0.25, 0.3) is 0 Å². The third kappa shape index (κ3) is 4.81. The van der Waals surface area contributed by atoms with Crippen molar-refractivity contribution in [3.63, 3.8) is 0 Å². The molecule has 1 rings (SSSR count). The number of allylic oxidation sites excluding steroid dienone is 2. The highest BCUT2D eigenvalue weighted by Crippen LogP contribution is 2.26. The van der Waals surface area contributed by atoms with Crippen LogP contribution in [0.1, 0.15) is 40.0 Å². The number of carbonyl (C=O) groups excluding carboxylic acids is 1. The van der Waals surface area contributed by atoms with Crippen molar-refractivity contribution in [3.8, 4) is 0 Å². The molecule has 2 unspecified atom stereocenters. The van der Waals surface area contributed by atoms with E-state index >= 15 is 0 Å². The third-order valence-corrected chi connectivity index (χ3v) is 3.58. The summed E-state index contributed by atoms with van der Waals surface area (Å²) in [4.78, 5) is 11.6. The zero-order valence-electron chi connectivity index (χ0n) is 12.0. The lowest BCUT2D eigenvalue weighted by Crippen LogP contribution is -2.31. The molecular weight excluding hydrogens is 228 g/mol. The fourth-order valence-corrected chi connectivity index (χ4v) is 2.27. The number of methoxy groups -OCH3 is 1. The Morgan fingerprint density at radius 3 is 2.56 bits per heavy atom. The maximum Gasteiger partial charge on any atom is 0.334 e. The third-order valence-electron chi connectivity index (χ3n) is 3.58. The number of hydrogen-bond acceptors (Lipinski definition) is 3. The van der Waals surface area contributed by atoms with Gasteiger partial charge in [-0.2, -0.15) is 0 Å². The van der Waals surface area contributed by atoms with Crippen LogP contribution in [-0.2, 0) is 14.3 Å². The summed E-state index contributed by atoms with van der Waals surface area (Å²) in [6, 6.07) is 0. The van der Waals surface area contributed by atoms with Gasteiger partial charge in [0.05, 0.1) is 13.7 Å². The van der Waals surface area contributed by atoms with Crippen molar-refractivity contribution < 1.29 is 14.3 Å². The first-order valence-corrected chi connectivity index (χ1v) is 6.89. The molecule has 0 aliphatic heterocycles. The zero-order valence-corrected chi connectivity index (χ0v) is 12.0. The van der Waals surface area contributed by atoms with Gasteiger partial charge in [0, 0.05) is 0 Å². The highest BCUT2D eigenvalue weighted by Gasteiger charge is 2.25. The first-order chi connectivity index (χ1) is 8.54. The molecule has 1 aliphatic carbocycles. The quantitative estimate of drug-likeness (QED) is 0.539. The second kappa shape index (κ2) is 7.57. The van der Waals surface area contributed by atoms with E-state index in [0.717, 1.165) is 19.3 Å². The van der Waals surface area contributed by atoms with Crippen LogP contribution < -0.4 is 0 Å². The average Bonchev–Trinajstić information content (AvgIpc) is 2.34. The lowest BCUT2D eigenvalue weighted by molar-refractivity contribution is -0.156. The molecular formula is C15H26O3. The van der Waals surface area contributed by atoms with Crippen molar-refractivity contribution in [1.29, 1.82) is 0 Å². The van der Waals surface area contributed by atoms with E-state index in [9.17, 15) is 4.79 Å². The maximum atomic E-state index is 11.6. The van der Waals surface area contributed by atoms with Crippen molar-refractivity contribution in [1.82, 2.24) is 0 Å². The summed E-state index contributed by atoms with van der Waals surface area (Å²) in [6.45, 7) is 7.07. The molecule has 0 aromatic heterocycles. The van der Waals surface area contributed by atoms with Crippen LogP contribution in [0.3, 0.4) is 0 Å². The Hall–Kier alpha value is -0.830. The molecule has 0 bridgehead atoms. The molecule has 3 nitrogen and oxygen atoms in total. The van der Waals surface area contributed by atoms with Crippen molar-refractivity contribution in [2.75, 3.05) is 13.7 Å². The Morgan fingerprint density at radius 2 is 2.00 bits per heavy atom. The summed E-state index contributed by atoms with van der Waals surface area (Å²) in [5, 5.41) is 0. The molecule has 104 valence electrons. The summed E-state index contributed by atoms with van der Waals surface area (Å²) in [6.07, 6.45) is 6.92. The van der Waals surface area contributed by atoms with E-state index in [2.05, 4.69) is 32.9 Å². The number of rotatable bonds is 6. The van der Waals surface area contributed by atoms with E-state index in [1.54, 1.807) is 0 Å². The van der Waals surface area contributed by atoms with Gasteiger partial charge in [-0.15, -0.1) is 0 Å². The van der Waals surface area contributed by atoms with Crippen LogP contribution >= 0.6 is 0 Å². The highest BCUT2D eigenvalue weighted by molar-refractivity contribution is 5.74. The van der Waals surface area contributed by atoms with Crippen LogP contribution in [0.15, 0.2) is 12.2 Å². The minimum Gasteiger partial charge on any atom is -0.467 e. The van der Waals surface area contributed by atoms with Crippen LogP contribution in [0.5, 0.6) is 0 Å². The number of carbonyl (C=O) groups is 1. The first kappa shape index (κ1) is 15.2. The van der Waals surface area contributed by atoms with E-state index < -0.39 is 6.10 Å². The molecule has 3 atom stereocenters. The van der Waals surface area contributed by atoms with Gasteiger partial charge < -0.3 is 9.47 Å². The normalized spacial score (nSPS) is 25.2. The van der Waals surface area contributed by atoms with Gasteiger partial charge in [0.25, 0.3) is 0 Å². The standard InChI is InChI=1S/C15H26O3/c1-11(2)9-14(15(16)17-4)18-10-13-8-6-5-7-12(13)3/h5-6,11-14H,7-10H2,1-4H3/t12?,13?,14-/m0/s1. The van der Waals surface area contributed by atoms with Crippen molar-refractivity contribution in [3.05, 3.63) is 12.2 Å². The molecule has 0 aromatic carbocycles. The molecule has 0 fully saturated rings. The Bertz CT molecular complexity index is 283. The topological polar surface area (TPSA) is 35.5 Å². The van der Waals surface area contributed by atoms with Crippen molar-refractivity contribution in [2.45, 2.75) is 46.1 Å². The summed E-state index contributed by atoms with van der Waals surface area (Å²) >= 11 is 0. The van der Waals surface area contributed by atoms with Gasteiger partial charge in [0.1, 0.15) is 0 Å². The monoisotopic (exact) mass is 254 g/mol. The Kier molecular flexibility index (Phi) is 6.41. The number of hydrogen-bond donors (Lipinski definition) is 0. The Labute approximate surface area is 111 Å². The summed E-state index contributed by atoms with van der Waals surface area (Å²) < 4.78 is 10.6. The number of ether oxygens (including phenoxy) is 2. The van der Waals surface area contributed by atoms with Gasteiger partial charge in [0.2, 0.25) is 0 Å². The summed E-state index contributed by atoms with van der Waals surface area (Å²) in [7, 11) is 1.42. The van der Waals surface area contributed by atoms with Crippen LogP contribution in [0.4, 0.5) is 0 Å². The summed E-state index contributed by atoms with van der Waals surface area (Å²) in [5.74, 6) is 1.34. The van der Waals surface area contributed by atoms with Crippen LogP contribution in [-0.4, -0.2) is 25.8 Å². The molecule has 0 spiro atoms. The van der Waals surface area contributed by atoms with Gasteiger partial charge >= 0.3 is 5.97 Å². The Balaban J connectivity index is 2.45. The molecule has 0 aromatic rings. The fourth-order valence-electron chi connectivity index (χ4n) is 2.27. The van der Waals surface area contributed by atoms with E-state index in [0.29, 0.717) is 24.4 Å². The molecule has 0 N–H and O–H groups in total. The van der Waals surface area contributed by atoms with E-state index in [-0.39, 0.29) is 5.97 Å². The smallest absolute Gasteiger partial charge is 0.334 e. The van der Waals surface area contributed by atoms with Gasteiger partial charge in [-0.1, -0.05) is 32.9 Å². The van der Waals surface area contributed by atoms with E-state index in [1.165, 1.54) is 7.11 Å². The predicted molar refractivity (Wildman–Crippen MR) is 72.2 cm³/mol. The fraction of sp³-hybridized carbons (Fsp3) is 0.800. The minimum absolute atomic E-state index is 0.247. The second-order valence-corrected chi connectivity index (χ2v) is 5.65. The largest absolute Gasteiger partial charge is 0.467 e. The van der Waals surface area contributed by atoms with Gasteiger partial charge in [-0.05, 0) is 37.0 Å².